The summed E-state index contributed by atoms with van der Waals surface area (Å²) in [4.78, 5) is 23.1. The summed E-state index contributed by atoms with van der Waals surface area (Å²) >= 11 is 0. The van der Waals surface area contributed by atoms with Crippen molar-refractivity contribution in [3.05, 3.63) is 78.9 Å². The van der Waals surface area contributed by atoms with E-state index in [1.165, 1.54) is 6.08 Å². The molecule has 0 radical (unpaired) electrons. The smallest absolute Gasteiger partial charge is 0.331 e. The normalized spacial score (nSPS) is 10.9. The van der Waals surface area contributed by atoms with E-state index in [4.69, 9.17) is 4.74 Å². The number of hydrogen-bond donors (Lipinski definition) is 1. The van der Waals surface area contributed by atoms with Crippen molar-refractivity contribution in [2.45, 2.75) is 6.92 Å². The van der Waals surface area contributed by atoms with Crippen LogP contribution in [0.25, 0.3) is 11.1 Å². The van der Waals surface area contributed by atoms with Gasteiger partial charge in [0.15, 0.2) is 6.61 Å². The number of allylic oxidation sites excluding steroid dienone is 3. The molecule has 4 nitrogen and oxygen atoms in total. The largest absolute Gasteiger partial charge is 0.452 e. The number of ether oxygens (including phenoxy) is 1. The van der Waals surface area contributed by atoms with E-state index in [9.17, 15) is 9.59 Å². The van der Waals surface area contributed by atoms with Gasteiger partial charge in [0.25, 0.3) is 5.91 Å². The molecule has 0 unspecified atom stereocenters. The van der Waals surface area contributed by atoms with Gasteiger partial charge in [0.2, 0.25) is 0 Å². The maximum absolute atomic E-state index is 11.8. The van der Waals surface area contributed by atoms with E-state index in [1.54, 1.807) is 18.2 Å². The first-order valence-corrected chi connectivity index (χ1v) is 7.60. The Hall–Kier alpha value is -3.14. The molecular formula is C20H19NO3. The van der Waals surface area contributed by atoms with E-state index in [2.05, 4.69) is 5.32 Å². The highest BCUT2D eigenvalue weighted by Gasteiger charge is 2.05. The van der Waals surface area contributed by atoms with Gasteiger partial charge in [0.05, 0.1) is 0 Å². The fourth-order valence-electron chi connectivity index (χ4n) is 2.00. The molecule has 0 aromatic heterocycles. The molecule has 4 heteroatoms. The molecule has 0 aliphatic heterocycles. The topological polar surface area (TPSA) is 55.4 Å². The molecule has 0 bridgehead atoms. The van der Waals surface area contributed by atoms with E-state index in [0.717, 1.165) is 11.1 Å². The van der Waals surface area contributed by atoms with Gasteiger partial charge in [-0.2, -0.15) is 0 Å². The lowest BCUT2D eigenvalue weighted by Gasteiger charge is -2.07. The van der Waals surface area contributed by atoms with Crippen LogP contribution in [0.2, 0.25) is 0 Å². The molecule has 2 aromatic rings. The second-order valence-electron chi connectivity index (χ2n) is 4.98. The zero-order valence-electron chi connectivity index (χ0n) is 13.4. The highest BCUT2D eigenvalue weighted by atomic mass is 16.5. The van der Waals surface area contributed by atoms with Crippen molar-refractivity contribution in [2.24, 2.45) is 0 Å². The van der Waals surface area contributed by atoms with E-state index in [1.807, 2.05) is 61.5 Å². The van der Waals surface area contributed by atoms with Gasteiger partial charge in [0.1, 0.15) is 0 Å². The van der Waals surface area contributed by atoms with Crippen LogP contribution in [-0.4, -0.2) is 18.5 Å². The standard InChI is InChI=1S/C20H19NO3/c1-2-3-5-10-20(23)24-15-19(22)21-18-13-11-17(12-14-18)16-8-6-4-7-9-16/h2-14H,15H2,1H3,(H,21,22)/b3-2+,10-5+. The number of rotatable bonds is 6. The number of amides is 1. The van der Waals surface area contributed by atoms with Crippen molar-refractivity contribution in [1.82, 2.24) is 0 Å². The van der Waals surface area contributed by atoms with Crippen LogP contribution in [0.1, 0.15) is 6.92 Å². The van der Waals surface area contributed by atoms with Gasteiger partial charge in [-0.15, -0.1) is 0 Å². The second kappa shape index (κ2) is 9.10. The molecule has 0 saturated carbocycles. The summed E-state index contributed by atoms with van der Waals surface area (Å²) in [7, 11) is 0. The molecule has 1 amide bonds. The van der Waals surface area contributed by atoms with Crippen LogP contribution in [0.5, 0.6) is 0 Å². The molecule has 2 rings (SSSR count). The minimum atomic E-state index is -0.553. The Bertz CT molecular complexity index is 731. The highest BCUT2D eigenvalue weighted by Crippen LogP contribution is 2.20. The molecule has 0 saturated heterocycles. The van der Waals surface area contributed by atoms with Crippen LogP contribution in [0.4, 0.5) is 5.69 Å². The number of carbonyl (C=O) groups excluding carboxylic acids is 2. The van der Waals surface area contributed by atoms with Crippen molar-refractivity contribution in [2.75, 3.05) is 11.9 Å². The van der Waals surface area contributed by atoms with Gasteiger partial charge in [-0.3, -0.25) is 4.79 Å². The Kier molecular flexibility index (Phi) is 6.53. The lowest BCUT2D eigenvalue weighted by molar-refractivity contribution is -0.142. The van der Waals surface area contributed by atoms with Crippen molar-refractivity contribution in [3.63, 3.8) is 0 Å². The minimum absolute atomic E-state index is 0.320. The SMILES string of the molecule is C/C=C/C=C/C(=O)OCC(=O)Nc1ccc(-c2ccccc2)cc1. The third kappa shape index (κ3) is 5.57. The van der Waals surface area contributed by atoms with Gasteiger partial charge in [-0.1, -0.05) is 60.7 Å². The predicted molar refractivity (Wildman–Crippen MR) is 95.4 cm³/mol. The number of esters is 1. The molecule has 0 atom stereocenters. The Labute approximate surface area is 141 Å². The molecule has 0 spiro atoms. The first kappa shape index (κ1) is 17.2. The summed E-state index contributed by atoms with van der Waals surface area (Å²) in [5.74, 6) is -0.932. The quantitative estimate of drug-likeness (QED) is 0.497. The summed E-state index contributed by atoms with van der Waals surface area (Å²) in [6.07, 6.45) is 6.32. The van der Waals surface area contributed by atoms with E-state index in [0.29, 0.717) is 5.69 Å². The van der Waals surface area contributed by atoms with Crippen LogP contribution in [-0.2, 0) is 14.3 Å². The van der Waals surface area contributed by atoms with E-state index < -0.39 is 5.97 Å². The molecule has 0 fully saturated rings. The minimum Gasteiger partial charge on any atom is -0.452 e. The van der Waals surface area contributed by atoms with Gasteiger partial charge in [-0.25, -0.2) is 4.79 Å². The highest BCUT2D eigenvalue weighted by molar-refractivity contribution is 5.94. The zero-order valence-corrected chi connectivity index (χ0v) is 13.4. The molecule has 1 N–H and O–H groups in total. The van der Waals surface area contributed by atoms with Crippen molar-refractivity contribution in [1.29, 1.82) is 0 Å². The third-order valence-corrected chi connectivity index (χ3v) is 3.16. The monoisotopic (exact) mass is 321 g/mol. The van der Waals surface area contributed by atoms with Gasteiger partial charge in [-0.05, 0) is 30.2 Å². The van der Waals surface area contributed by atoms with Crippen LogP contribution in [0.15, 0.2) is 78.9 Å². The Morgan fingerprint density at radius 3 is 2.29 bits per heavy atom. The fourth-order valence-corrected chi connectivity index (χ4v) is 2.00. The van der Waals surface area contributed by atoms with Crippen LogP contribution in [0.3, 0.4) is 0 Å². The fraction of sp³-hybridized carbons (Fsp3) is 0.100. The molecule has 0 aliphatic carbocycles. The molecule has 0 aliphatic rings. The first-order valence-electron chi connectivity index (χ1n) is 7.60. The lowest BCUT2D eigenvalue weighted by atomic mass is 10.1. The van der Waals surface area contributed by atoms with Gasteiger partial charge < -0.3 is 10.1 Å². The summed E-state index contributed by atoms with van der Waals surface area (Å²) in [6.45, 7) is 1.52. The molecule has 24 heavy (non-hydrogen) atoms. The van der Waals surface area contributed by atoms with Crippen molar-refractivity contribution >= 4 is 17.6 Å². The van der Waals surface area contributed by atoms with Crippen LogP contribution < -0.4 is 5.32 Å². The lowest BCUT2D eigenvalue weighted by Crippen LogP contribution is -2.20. The molecule has 2 aromatic carbocycles. The van der Waals surface area contributed by atoms with Gasteiger partial charge >= 0.3 is 5.97 Å². The number of nitrogens with one attached hydrogen (secondary N) is 1. The summed E-state index contributed by atoms with van der Waals surface area (Å²) < 4.78 is 4.84. The number of carbonyl (C=O) groups is 2. The summed E-state index contributed by atoms with van der Waals surface area (Å²) in [5.41, 5.74) is 2.83. The summed E-state index contributed by atoms with van der Waals surface area (Å²) in [6, 6.07) is 17.4. The van der Waals surface area contributed by atoms with E-state index in [-0.39, 0.29) is 12.5 Å². The zero-order chi connectivity index (χ0) is 17.2. The van der Waals surface area contributed by atoms with Crippen molar-refractivity contribution in [3.8, 4) is 11.1 Å². The third-order valence-electron chi connectivity index (χ3n) is 3.16. The molecular weight excluding hydrogens is 302 g/mol. The Morgan fingerprint density at radius 2 is 1.62 bits per heavy atom. The first-order chi connectivity index (χ1) is 11.7. The Morgan fingerprint density at radius 1 is 0.958 bits per heavy atom. The average molecular weight is 321 g/mol. The second-order valence-corrected chi connectivity index (χ2v) is 4.98. The van der Waals surface area contributed by atoms with Crippen molar-refractivity contribution < 1.29 is 14.3 Å². The number of hydrogen-bond acceptors (Lipinski definition) is 3. The maximum Gasteiger partial charge on any atom is 0.331 e. The molecule has 0 heterocycles. The number of benzene rings is 2. The summed E-state index contributed by atoms with van der Waals surface area (Å²) in [5, 5.41) is 2.69. The number of anilines is 1. The van der Waals surface area contributed by atoms with Crippen LogP contribution >= 0.6 is 0 Å². The molecule has 122 valence electrons. The van der Waals surface area contributed by atoms with Gasteiger partial charge in [0, 0.05) is 11.8 Å². The van der Waals surface area contributed by atoms with E-state index >= 15 is 0 Å². The average Bonchev–Trinajstić information content (AvgIpc) is 2.62. The van der Waals surface area contributed by atoms with Crippen LogP contribution in [0, 0.1) is 0 Å². The predicted octanol–water partition coefficient (Wildman–Crippen LogP) is 3.97. The Balaban J connectivity index is 1.85. The maximum atomic E-state index is 11.8.